The molecule has 0 fully saturated rings. The van der Waals surface area contributed by atoms with Crippen LogP contribution in [-0.2, 0) is 13.1 Å². The van der Waals surface area contributed by atoms with Gasteiger partial charge in [-0.2, -0.15) is 4.68 Å². The summed E-state index contributed by atoms with van der Waals surface area (Å²) in [6.45, 7) is 4.42. The Morgan fingerprint density at radius 2 is 1.85 bits per heavy atom. The lowest BCUT2D eigenvalue weighted by Gasteiger charge is -1.96. The second-order valence-corrected chi connectivity index (χ2v) is 5.34. The van der Waals surface area contributed by atoms with Crippen molar-refractivity contribution in [1.29, 1.82) is 0 Å². The summed E-state index contributed by atoms with van der Waals surface area (Å²) in [5.41, 5.74) is 5.38. The average Bonchev–Trinajstić information content (AvgIpc) is 2.99. The van der Waals surface area contributed by atoms with Crippen molar-refractivity contribution in [2.24, 2.45) is 0 Å². The average molecular weight is 329 g/mol. The van der Waals surface area contributed by atoms with Crippen molar-refractivity contribution in [2.75, 3.05) is 0 Å². The Balaban J connectivity index is 0.00000121. The van der Waals surface area contributed by atoms with Crippen LogP contribution in [0.4, 0.5) is 0 Å². The molecule has 0 amide bonds. The largest absolute Gasteiger partial charge is 1.00 e. The molecule has 0 N–H and O–H groups in total. The number of aryl methyl sites for hydroxylation is 2. The second kappa shape index (κ2) is 5.06. The highest BCUT2D eigenvalue weighted by molar-refractivity contribution is 5.91. The van der Waals surface area contributed by atoms with E-state index in [-0.39, 0.29) is 17.0 Å². The molecule has 2 nitrogen and oxygen atoms in total. The molecule has 0 bridgehead atoms. The molecule has 0 aliphatic carbocycles. The summed E-state index contributed by atoms with van der Waals surface area (Å²) >= 11 is 0. The number of halogens is 1. The van der Waals surface area contributed by atoms with E-state index in [2.05, 4.69) is 64.8 Å². The summed E-state index contributed by atoms with van der Waals surface area (Å²) in [4.78, 5) is 0. The van der Waals surface area contributed by atoms with Crippen molar-refractivity contribution in [2.45, 2.75) is 26.4 Å². The third-order valence-electron chi connectivity index (χ3n) is 4.02. The maximum atomic E-state index is 2.44. The van der Waals surface area contributed by atoms with Crippen LogP contribution in [0, 0.1) is 6.92 Å². The predicted octanol–water partition coefficient (Wildman–Crippen LogP) is 0.312. The molecule has 3 heteroatoms. The molecule has 1 aliphatic heterocycles. The molecule has 0 atom stereocenters. The third kappa shape index (κ3) is 1.88. The fraction of sp³-hybridized carbons (Fsp3) is 0.235. The molecule has 0 radical (unpaired) electrons. The SMILES string of the molecule is Cc1ccc2c(c1)c(-c1ccccc1)[n+]1n2CCC1.[Br-]. The maximum absolute atomic E-state index is 2.44. The number of hydrogen-bond donors (Lipinski definition) is 0. The summed E-state index contributed by atoms with van der Waals surface area (Å²) in [5, 5.41) is 1.38. The highest BCUT2D eigenvalue weighted by Gasteiger charge is 2.29. The van der Waals surface area contributed by atoms with E-state index in [9.17, 15) is 0 Å². The zero-order valence-corrected chi connectivity index (χ0v) is 13.1. The number of aromatic nitrogens is 2. The highest BCUT2D eigenvalue weighted by atomic mass is 79.9. The monoisotopic (exact) mass is 328 g/mol. The normalized spacial score (nSPS) is 13.2. The molecule has 1 aliphatic rings. The van der Waals surface area contributed by atoms with Gasteiger partial charge in [-0.3, -0.25) is 0 Å². The molecule has 20 heavy (non-hydrogen) atoms. The van der Waals surface area contributed by atoms with Crippen molar-refractivity contribution in [1.82, 2.24) is 4.68 Å². The Bertz CT molecular complexity index is 760. The number of hydrogen-bond acceptors (Lipinski definition) is 0. The molecular weight excluding hydrogens is 312 g/mol. The fourth-order valence-corrected chi connectivity index (χ4v) is 3.20. The van der Waals surface area contributed by atoms with Crippen LogP contribution < -0.4 is 21.7 Å². The van der Waals surface area contributed by atoms with Gasteiger partial charge in [-0.15, -0.1) is 4.68 Å². The van der Waals surface area contributed by atoms with E-state index >= 15 is 0 Å². The van der Waals surface area contributed by atoms with E-state index in [0.29, 0.717) is 0 Å². The molecule has 1 aromatic heterocycles. The van der Waals surface area contributed by atoms with Gasteiger partial charge in [0.05, 0.1) is 11.9 Å². The zero-order chi connectivity index (χ0) is 12.8. The van der Waals surface area contributed by atoms with Crippen molar-refractivity contribution in [3.05, 3.63) is 54.1 Å². The first kappa shape index (κ1) is 13.4. The Kier molecular flexibility index (Phi) is 3.38. The first-order chi connectivity index (χ1) is 9.34. The summed E-state index contributed by atoms with van der Waals surface area (Å²) < 4.78 is 4.87. The van der Waals surface area contributed by atoms with Gasteiger partial charge >= 0.3 is 0 Å². The van der Waals surface area contributed by atoms with E-state index in [1.807, 2.05) is 0 Å². The van der Waals surface area contributed by atoms with Crippen LogP contribution in [0.3, 0.4) is 0 Å². The third-order valence-corrected chi connectivity index (χ3v) is 4.02. The van der Waals surface area contributed by atoms with Crippen LogP contribution in [0.25, 0.3) is 22.2 Å². The molecule has 0 saturated carbocycles. The Morgan fingerprint density at radius 1 is 1.05 bits per heavy atom. The van der Waals surface area contributed by atoms with Gasteiger partial charge in [0.1, 0.15) is 5.52 Å². The predicted molar refractivity (Wildman–Crippen MR) is 76.9 cm³/mol. The van der Waals surface area contributed by atoms with E-state index in [0.717, 1.165) is 13.1 Å². The van der Waals surface area contributed by atoms with Gasteiger partial charge in [0, 0.05) is 12.0 Å². The molecular formula is C17H17BrN2. The smallest absolute Gasteiger partial charge is 0.246 e. The first-order valence-electron chi connectivity index (χ1n) is 6.93. The summed E-state index contributed by atoms with van der Waals surface area (Å²) in [5.74, 6) is 0. The fourth-order valence-electron chi connectivity index (χ4n) is 3.20. The van der Waals surface area contributed by atoms with Crippen molar-refractivity contribution >= 4 is 10.9 Å². The van der Waals surface area contributed by atoms with Gasteiger partial charge in [0.15, 0.2) is 6.54 Å². The molecule has 0 spiro atoms. The minimum absolute atomic E-state index is 0. The topological polar surface area (TPSA) is 8.81 Å². The van der Waals surface area contributed by atoms with E-state index in [1.165, 1.54) is 34.1 Å². The number of rotatable bonds is 1. The maximum Gasteiger partial charge on any atom is 0.246 e. The van der Waals surface area contributed by atoms with Crippen molar-refractivity contribution in [3.63, 3.8) is 0 Å². The van der Waals surface area contributed by atoms with Crippen LogP contribution in [0.1, 0.15) is 12.0 Å². The van der Waals surface area contributed by atoms with Crippen LogP contribution in [-0.4, -0.2) is 4.68 Å². The molecule has 4 rings (SSSR count). The number of nitrogens with zero attached hydrogens (tertiary/aromatic N) is 2. The lowest BCUT2D eigenvalue weighted by Crippen LogP contribution is -3.00. The summed E-state index contributed by atoms with van der Waals surface area (Å²) in [6, 6.07) is 17.5. The van der Waals surface area contributed by atoms with Crippen LogP contribution in [0.2, 0.25) is 0 Å². The Hall–Kier alpha value is -1.61. The standard InChI is InChI=1S/C17H17N2.BrH/c1-13-8-9-16-15(12-13)17(14-6-3-2-4-7-14)19-11-5-10-18(16)19;/h2-4,6-9,12H,5,10-11H2,1H3;1H/q+1;/p-1. The lowest BCUT2D eigenvalue weighted by molar-refractivity contribution is -0.745. The number of benzene rings is 2. The van der Waals surface area contributed by atoms with Gasteiger partial charge in [-0.25, -0.2) is 0 Å². The van der Waals surface area contributed by atoms with E-state index in [1.54, 1.807) is 0 Å². The minimum atomic E-state index is 0. The molecule has 102 valence electrons. The molecule has 3 aromatic rings. The van der Waals surface area contributed by atoms with Crippen LogP contribution in [0.15, 0.2) is 48.5 Å². The summed E-state index contributed by atoms with van der Waals surface area (Å²) in [6.07, 6.45) is 1.24. The highest BCUT2D eigenvalue weighted by Crippen LogP contribution is 2.29. The number of fused-ring (bicyclic) bond motifs is 3. The Labute approximate surface area is 129 Å². The molecule has 0 saturated heterocycles. The van der Waals surface area contributed by atoms with E-state index < -0.39 is 0 Å². The lowest BCUT2D eigenvalue weighted by atomic mass is 10.1. The molecule has 2 aromatic carbocycles. The van der Waals surface area contributed by atoms with Gasteiger partial charge in [-0.1, -0.05) is 29.8 Å². The van der Waals surface area contributed by atoms with Crippen LogP contribution in [0.5, 0.6) is 0 Å². The Morgan fingerprint density at radius 3 is 2.65 bits per heavy atom. The van der Waals surface area contributed by atoms with Crippen molar-refractivity contribution < 1.29 is 21.7 Å². The van der Waals surface area contributed by atoms with Gasteiger partial charge < -0.3 is 17.0 Å². The van der Waals surface area contributed by atoms with Crippen molar-refractivity contribution in [3.8, 4) is 11.3 Å². The van der Waals surface area contributed by atoms with Crippen LogP contribution >= 0.6 is 0 Å². The second-order valence-electron chi connectivity index (χ2n) is 5.34. The quantitative estimate of drug-likeness (QED) is 0.569. The zero-order valence-electron chi connectivity index (χ0n) is 11.5. The molecule has 0 unspecified atom stereocenters. The first-order valence-corrected chi connectivity index (χ1v) is 6.93. The summed E-state index contributed by atoms with van der Waals surface area (Å²) in [7, 11) is 0. The molecule has 2 heterocycles. The van der Waals surface area contributed by atoms with Gasteiger partial charge in [0.2, 0.25) is 5.69 Å². The van der Waals surface area contributed by atoms with Gasteiger partial charge in [0.25, 0.3) is 0 Å². The van der Waals surface area contributed by atoms with E-state index in [4.69, 9.17) is 0 Å². The van der Waals surface area contributed by atoms with Gasteiger partial charge in [-0.05, 0) is 31.2 Å². The minimum Gasteiger partial charge on any atom is -1.00 e.